The highest BCUT2D eigenvalue weighted by molar-refractivity contribution is 5.30. The maximum atomic E-state index is 14.1. The summed E-state index contributed by atoms with van der Waals surface area (Å²) in [6, 6.07) is 7.69. The van der Waals surface area contributed by atoms with Crippen molar-refractivity contribution in [1.82, 2.24) is 0 Å². The Morgan fingerprint density at radius 1 is 0.792 bits per heavy atom. The zero-order valence-corrected chi connectivity index (χ0v) is 14.6. The van der Waals surface area contributed by atoms with Crippen LogP contribution in [0.25, 0.3) is 0 Å². The van der Waals surface area contributed by atoms with Gasteiger partial charge in [-0.05, 0) is 61.5 Å². The summed E-state index contributed by atoms with van der Waals surface area (Å²) in [4.78, 5) is 0. The Morgan fingerprint density at radius 3 is 2.00 bits per heavy atom. The monoisotopic (exact) mass is 338 g/mol. The lowest BCUT2D eigenvalue weighted by molar-refractivity contribution is 0.0485. The molecular weight excluding hydrogens is 309 g/mol. The largest absolute Gasteiger partial charge is 0.247 e. The molecule has 0 spiro atoms. The fourth-order valence-corrected chi connectivity index (χ4v) is 4.66. The molecule has 0 saturated heterocycles. The van der Waals surface area contributed by atoms with Crippen molar-refractivity contribution in [2.75, 3.05) is 0 Å². The third-order valence-electron chi connectivity index (χ3n) is 6.13. The van der Waals surface area contributed by atoms with Crippen LogP contribution in [0.3, 0.4) is 0 Å². The number of halogens is 3. The zero-order chi connectivity index (χ0) is 17.1. The van der Waals surface area contributed by atoms with Gasteiger partial charge in [0.15, 0.2) is 0 Å². The molecule has 0 amide bonds. The van der Waals surface area contributed by atoms with Crippen molar-refractivity contribution < 1.29 is 13.2 Å². The van der Waals surface area contributed by atoms with Crippen molar-refractivity contribution in [3.05, 3.63) is 35.4 Å². The van der Waals surface area contributed by atoms with Crippen molar-refractivity contribution in [1.29, 1.82) is 0 Å². The van der Waals surface area contributed by atoms with Gasteiger partial charge < -0.3 is 0 Å². The second-order valence-corrected chi connectivity index (χ2v) is 7.75. The summed E-state index contributed by atoms with van der Waals surface area (Å²) < 4.78 is 41.9. The van der Waals surface area contributed by atoms with Crippen molar-refractivity contribution in [2.45, 2.75) is 88.6 Å². The van der Waals surface area contributed by atoms with Gasteiger partial charge in [0.25, 0.3) is 0 Å². The standard InChI is InChI=1S/C21H29F3/c1-2-3-14-4-6-15(7-5-14)16-8-10-17(11-9-16)20-18(22)12-13-19(23)21(20)24/h8-11,14-15,18-21H,2-7,12-13H2,1H3/t14?,15?,18-,19+,20-,21+/m0/s1. The molecule has 2 fully saturated rings. The quantitative estimate of drug-likeness (QED) is 0.576. The van der Waals surface area contributed by atoms with E-state index in [1.165, 1.54) is 44.1 Å². The van der Waals surface area contributed by atoms with Crippen molar-refractivity contribution in [2.24, 2.45) is 5.92 Å². The van der Waals surface area contributed by atoms with E-state index in [0.717, 1.165) is 5.92 Å². The van der Waals surface area contributed by atoms with Crippen LogP contribution >= 0.6 is 0 Å². The Balaban J connectivity index is 1.65. The Morgan fingerprint density at radius 2 is 1.38 bits per heavy atom. The van der Waals surface area contributed by atoms with E-state index < -0.39 is 24.4 Å². The first-order valence-electron chi connectivity index (χ1n) is 9.62. The topological polar surface area (TPSA) is 0 Å². The normalized spacial score (nSPS) is 37.3. The molecule has 3 heteroatoms. The number of benzene rings is 1. The van der Waals surface area contributed by atoms with Gasteiger partial charge in [0.1, 0.15) is 18.5 Å². The van der Waals surface area contributed by atoms with Gasteiger partial charge in [-0.25, -0.2) is 13.2 Å². The van der Waals surface area contributed by atoms with Crippen LogP contribution in [0.4, 0.5) is 13.2 Å². The molecule has 2 saturated carbocycles. The lowest BCUT2D eigenvalue weighted by Gasteiger charge is -2.32. The van der Waals surface area contributed by atoms with E-state index in [-0.39, 0.29) is 12.8 Å². The smallest absolute Gasteiger partial charge is 0.141 e. The van der Waals surface area contributed by atoms with Crippen LogP contribution in [0, 0.1) is 5.92 Å². The maximum Gasteiger partial charge on any atom is 0.141 e. The third-order valence-corrected chi connectivity index (χ3v) is 6.13. The first kappa shape index (κ1) is 17.8. The van der Waals surface area contributed by atoms with Gasteiger partial charge in [-0.2, -0.15) is 0 Å². The lowest BCUT2D eigenvalue weighted by Crippen LogP contribution is -2.37. The van der Waals surface area contributed by atoms with Crippen LogP contribution in [0.15, 0.2) is 24.3 Å². The zero-order valence-electron chi connectivity index (χ0n) is 14.6. The number of hydrogen-bond donors (Lipinski definition) is 0. The van der Waals surface area contributed by atoms with Crippen LogP contribution in [-0.2, 0) is 0 Å². The molecule has 0 N–H and O–H groups in total. The van der Waals surface area contributed by atoms with Crippen molar-refractivity contribution in [3.8, 4) is 0 Å². The van der Waals surface area contributed by atoms with E-state index in [1.54, 1.807) is 0 Å². The van der Waals surface area contributed by atoms with Crippen LogP contribution < -0.4 is 0 Å². The summed E-state index contributed by atoms with van der Waals surface area (Å²) in [6.07, 6.45) is 3.16. The molecule has 4 atom stereocenters. The molecule has 2 aliphatic carbocycles. The van der Waals surface area contributed by atoms with Crippen LogP contribution in [0.1, 0.15) is 81.3 Å². The first-order chi connectivity index (χ1) is 11.6. The Labute approximate surface area is 143 Å². The number of rotatable bonds is 4. The van der Waals surface area contributed by atoms with Gasteiger partial charge in [0, 0.05) is 5.92 Å². The van der Waals surface area contributed by atoms with Crippen LogP contribution in [-0.4, -0.2) is 18.5 Å². The summed E-state index contributed by atoms with van der Waals surface area (Å²) in [7, 11) is 0. The van der Waals surface area contributed by atoms with Crippen LogP contribution in [0.2, 0.25) is 0 Å². The molecule has 134 valence electrons. The van der Waals surface area contributed by atoms with E-state index in [9.17, 15) is 13.2 Å². The van der Waals surface area contributed by atoms with Crippen molar-refractivity contribution in [3.63, 3.8) is 0 Å². The molecule has 1 aromatic carbocycles. The highest BCUT2D eigenvalue weighted by Crippen LogP contribution is 2.41. The van der Waals surface area contributed by atoms with Gasteiger partial charge >= 0.3 is 0 Å². The van der Waals surface area contributed by atoms with Gasteiger partial charge in [-0.1, -0.05) is 44.0 Å². The fourth-order valence-electron chi connectivity index (χ4n) is 4.66. The highest BCUT2D eigenvalue weighted by Gasteiger charge is 2.41. The first-order valence-corrected chi connectivity index (χ1v) is 9.62. The third kappa shape index (κ3) is 3.81. The minimum Gasteiger partial charge on any atom is -0.247 e. The molecule has 0 aliphatic heterocycles. The SMILES string of the molecule is CCCC1CCC(c2ccc([C@@H]3[C@H](F)[C@H](F)CC[C@@H]3F)cc2)CC1. The average molecular weight is 338 g/mol. The van der Waals surface area contributed by atoms with Gasteiger partial charge in [0.05, 0.1) is 0 Å². The second kappa shape index (κ2) is 7.93. The molecule has 24 heavy (non-hydrogen) atoms. The molecular formula is C21H29F3. The molecule has 0 nitrogen and oxygen atoms in total. The number of hydrogen-bond acceptors (Lipinski definition) is 0. The summed E-state index contributed by atoms with van der Waals surface area (Å²) in [5.41, 5.74) is 1.88. The fraction of sp³-hybridized carbons (Fsp3) is 0.714. The van der Waals surface area contributed by atoms with Gasteiger partial charge in [-0.3, -0.25) is 0 Å². The molecule has 0 radical (unpaired) electrons. The molecule has 0 unspecified atom stereocenters. The Bertz CT molecular complexity index is 504. The van der Waals surface area contributed by atoms with Gasteiger partial charge in [-0.15, -0.1) is 0 Å². The number of alkyl halides is 3. The van der Waals surface area contributed by atoms with E-state index in [4.69, 9.17) is 0 Å². The summed E-state index contributed by atoms with van der Waals surface area (Å²) >= 11 is 0. The minimum absolute atomic E-state index is 0.00207. The predicted octanol–water partition coefficient (Wildman–Crippen LogP) is 6.65. The summed E-state index contributed by atoms with van der Waals surface area (Å²) in [5.74, 6) is 0.492. The molecule has 1 aromatic rings. The second-order valence-electron chi connectivity index (χ2n) is 7.75. The van der Waals surface area contributed by atoms with E-state index in [1.807, 2.05) is 24.3 Å². The van der Waals surface area contributed by atoms with E-state index in [2.05, 4.69) is 6.92 Å². The average Bonchev–Trinajstić information content (AvgIpc) is 2.60. The Hall–Kier alpha value is -0.990. The van der Waals surface area contributed by atoms with Crippen molar-refractivity contribution >= 4 is 0 Å². The van der Waals surface area contributed by atoms with E-state index in [0.29, 0.717) is 11.5 Å². The molecule has 0 heterocycles. The molecule has 2 aliphatic rings. The molecule has 0 aromatic heterocycles. The summed E-state index contributed by atoms with van der Waals surface area (Å²) in [6.45, 7) is 2.24. The highest BCUT2D eigenvalue weighted by atomic mass is 19.2. The molecule has 3 rings (SSSR count). The summed E-state index contributed by atoms with van der Waals surface area (Å²) in [5, 5.41) is 0. The Kier molecular flexibility index (Phi) is 5.89. The lowest BCUT2D eigenvalue weighted by atomic mass is 9.76. The van der Waals surface area contributed by atoms with Crippen LogP contribution in [0.5, 0.6) is 0 Å². The minimum atomic E-state index is -1.72. The maximum absolute atomic E-state index is 14.1. The molecule has 0 bridgehead atoms. The van der Waals surface area contributed by atoms with E-state index >= 15 is 0 Å². The predicted molar refractivity (Wildman–Crippen MR) is 92.7 cm³/mol. The van der Waals surface area contributed by atoms with Gasteiger partial charge in [0.2, 0.25) is 0 Å².